The fourth-order valence-electron chi connectivity index (χ4n) is 3.54. The maximum Gasteiger partial charge on any atom is 0.292 e. The van der Waals surface area contributed by atoms with Crippen LogP contribution in [0.5, 0.6) is 0 Å². The number of amidine groups is 1. The lowest BCUT2D eigenvalue weighted by Gasteiger charge is -2.32. The van der Waals surface area contributed by atoms with E-state index in [-0.39, 0.29) is 17.6 Å². The maximum atomic E-state index is 13.3. The van der Waals surface area contributed by atoms with Gasteiger partial charge in [-0.3, -0.25) is 19.8 Å². The number of para-hydroxylation sites is 1. The normalized spacial score (nSPS) is 20.6. The second kappa shape index (κ2) is 9.04. The van der Waals surface area contributed by atoms with Crippen LogP contribution in [0.15, 0.2) is 53.5 Å². The molecular weight excluding hydrogens is 426 g/mol. The molecule has 166 valence electrons. The minimum absolute atomic E-state index is 0.0485. The molecule has 32 heavy (non-hydrogen) atoms. The molecule has 3 amide bonds. The molecule has 2 unspecified atom stereocenters. The summed E-state index contributed by atoms with van der Waals surface area (Å²) >= 11 is 1.51. The van der Waals surface area contributed by atoms with Gasteiger partial charge in [0.2, 0.25) is 11.7 Å². The molecule has 0 spiro atoms. The predicted octanol–water partition coefficient (Wildman–Crippen LogP) is 2.48. The van der Waals surface area contributed by atoms with Crippen molar-refractivity contribution in [2.75, 3.05) is 22.0 Å². The van der Waals surface area contributed by atoms with Crippen LogP contribution in [0.3, 0.4) is 0 Å². The first kappa shape index (κ1) is 21.9. The molecule has 2 heterocycles. The predicted molar refractivity (Wildman–Crippen MR) is 126 cm³/mol. The Hall–Kier alpha value is -3.33. The van der Waals surface area contributed by atoms with Crippen molar-refractivity contribution >= 4 is 46.7 Å². The molecule has 0 aromatic heterocycles. The third-order valence-corrected chi connectivity index (χ3v) is 6.57. The molecule has 2 aromatic rings. The van der Waals surface area contributed by atoms with Crippen LogP contribution in [0, 0.1) is 13.8 Å². The molecule has 2 aromatic carbocycles. The van der Waals surface area contributed by atoms with Crippen LogP contribution in [0.4, 0.5) is 11.4 Å². The number of anilines is 2. The Morgan fingerprint density at radius 2 is 1.88 bits per heavy atom. The highest BCUT2D eigenvalue weighted by Gasteiger charge is 2.39. The maximum absolute atomic E-state index is 13.3. The van der Waals surface area contributed by atoms with Gasteiger partial charge in [0.25, 0.3) is 11.8 Å². The number of benzene rings is 2. The zero-order chi connectivity index (χ0) is 22.8. The smallest absolute Gasteiger partial charge is 0.292 e. The molecule has 2 atom stereocenters. The number of aliphatic imine (C=N–C) groups is 1. The van der Waals surface area contributed by atoms with Crippen LogP contribution in [-0.2, 0) is 14.4 Å². The van der Waals surface area contributed by atoms with Gasteiger partial charge in [-0.1, -0.05) is 24.3 Å². The second-order valence-electron chi connectivity index (χ2n) is 7.85. The first-order valence-electron chi connectivity index (χ1n) is 10.4. The van der Waals surface area contributed by atoms with Gasteiger partial charge < -0.3 is 10.2 Å². The summed E-state index contributed by atoms with van der Waals surface area (Å²) in [6.07, 6.45) is 0. The van der Waals surface area contributed by atoms with Crippen molar-refractivity contribution in [1.29, 1.82) is 0 Å². The molecule has 4 rings (SSSR count). The Labute approximate surface area is 191 Å². The average Bonchev–Trinajstić information content (AvgIpc) is 3.28. The number of nitrogens with zero attached hydrogens (tertiary/aromatic N) is 3. The van der Waals surface area contributed by atoms with Crippen molar-refractivity contribution in [1.82, 2.24) is 10.3 Å². The van der Waals surface area contributed by atoms with E-state index in [4.69, 9.17) is 0 Å². The number of hydrogen-bond acceptors (Lipinski definition) is 6. The van der Waals surface area contributed by atoms with Gasteiger partial charge in [0.15, 0.2) is 0 Å². The van der Waals surface area contributed by atoms with Crippen molar-refractivity contribution in [3.63, 3.8) is 0 Å². The fraction of sp³-hybridized carbons (Fsp3) is 0.304. The van der Waals surface area contributed by atoms with Crippen LogP contribution in [0.25, 0.3) is 0 Å². The quantitative estimate of drug-likeness (QED) is 0.745. The molecule has 0 bridgehead atoms. The van der Waals surface area contributed by atoms with E-state index < -0.39 is 18.0 Å². The minimum atomic E-state index is -0.714. The summed E-state index contributed by atoms with van der Waals surface area (Å²) in [5.74, 6) is 0.00715. The van der Waals surface area contributed by atoms with Crippen molar-refractivity contribution in [2.24, 2.45) is 4.99 Å². The molecule has 0 aliphatic carbocycles. The number of aryl methyl sites for hydroxylation is 2. The minimum Gasteiger partial charge on any atom is -0.324 e. The number of hydrogen-bond donors (Lipinski definition) is 2. The van der Waals surface area contributed by atoms with E-state index in [9.17, 15) is 14.4 Å². The van der Waals surface area contributed by atoms with Gasteiger partial charge in [-0.2, -0.15) is 0 Å². The van der Waals surface area contributed by atoms with Gasteiger partial charge in [0.05, 0.1) is 11.6 Å². The highest BCUT2D eigenvalue weighted by molar-refractivity contribution is 7.99. The summed E-state index contributed by atoms with van der Waals surface area (Å²) < 4.78 is 0. The van der Waals surface area contributed by atoms with Gasteiger partial charge in [0.1, 0.15) is 12.1 Å². The van der Waals surface area contributed by atoms with Gasteiger partial charge in [-0.05, 0) is 56.2 Å². The number of thioether (sulfide) groups is 1. The molecular formula is C23H25N5O3S. The summed E-state index contributed by atoms with van der Waals surface area (Å²) in [7, 11) is 0. The van der Waals surface area contributed by atoms with E-state index in [1.54, 1.807) is 19.1 Å². The molecule has 0 radical (unpaired) electrons. The summed E-state index contributed by atoms with van der Waals surface area (Å²) in [5.41, 5.74) is 6.39. The molecule has 2 aliphatic rings. The molecule has 9 heteroatoms. The van der Waals surface area contributed by atoms with Crippen LogP contribution in [0.1, 0.15) is 18.1 Å². The van der Waals surface area contributed by atoms with E-state index in [2.05, 4.69) is 15.7 Å². The van der Waals surface area contributed by atoms with E-state index >= 15 is 0 Å². The Balaban J connectivity index is 1.51. The number of carbonyl (C=O) groups is 3. The Morgan fingerprint density at radius 1 is 1.12 bits per heavy atom. The lowest BCUT2D eigenvalue weighted by molar-refractivity contribution is -0.131. The third-order valence-electron chi connectivity index (χ3n) is 5.56. The van der Waals surface area contributed by atoms with Crippen LogP contribution >= 0.6 is 11.8 Å². The summed E-state index contributed by atoms with van der Waals surface area (Å²) in [5, 5.41) is 4.25. The highest BCUT2D eigenvalue weighted by atomic mass is 32.2. The van der Waals surface area contributed by atoms with E-state index in [0.29, 0.717) is 23.0 Å². The molecule has 2 aliphatic heterocycles. The standard InChI is InChI=1S/C23H25N5O3S/c1-14-9-10-17(11-15(14)2)25-21(29)19-12-32-13-27(19)23(31)20-24-16(3)22(30)28(26-20)18-7-5-4-6-8-18/h4-11,16,19H,12-13H2,1-3H3,(H,24,26)(H,25,29). The van der Waals surface area contributed by atoms with Crippen LogP contribution in [-0.4, -0.2) is 52.2 Å². The van der Waals surface area contributed by atoms with Crippen molar-refractivity contribution in [3.8, 4) is 0 Å². The number of rotatable bonds is 4. The second-order valence-corrected chi connectivity index (χ2v) is 8.85. The topological polar surface area (TPSA) is 94.1 Å². The van der Waals surface area contributed by atoms with Crippen LogP contribution in [0.2, 0.25) is 0 Å². The number of nitrogens with one attached hydrogen (secondary N) is 2. The summed E-state index contributed by atoms with van der Waals surface area (Å²) in [4.78, 5) is 44.6. The van der Waals surface area contributed by atoms with E-state index in [0.717, 1.165) is 11.1 Å². The Morgan fingerprint density at radius 3 is 2.59 bits per heavy atom. The Bertz CT molecular complexity index is 1090. The third kappa shape index (κ3) is 4.34. The fourth-order valence-corrected chi connectivity index (χ4v) is 4.69. The lowest BCUT2D eigenvalue weighted by atomic mass is 10.1. The monoisotopic (exact) mass is 451 g/mol. The summed E-state index contributed by atoms with van der Waals surface area (Å²) in [6.45, 7) is 5.65. The highest BCUT2D eigenvalue weighted by Crippen LogP contribution is 2.24. The van der Waals surface area contributed by atoms with Gasteiger partial charge >= 0.3 is 0 Å². The number of hydrazine groups is 1. The van der Waals surface area contributed by atoms with Crippen molar-refractivity contribution in [2.45, 2.75) is 32.9 Å². The van der Waals surface area contributed by atoms with Gasteiger partial charge in [-0.25, -0.2) is 10.0 Å². The first-order valence-corrected chi connectivity index (χ1v) is 11.5. The SMILES string of the molecule is Cc1ccc(NC(=O)C2CSCN2C(=O)C2=NC(C)C(=O)N(c3ccccc3)N2)cc1C. The molecule has 1 saturated heterocycles. The zero-order valence-corrected chi connectivity index (χ0v) is 19.0. The van der Waals surface area contributed by atoms with E-state index in [1.807, 2.05) is 50.2 Å². The lowest BCUT2D eigenvalue weighted by Crippen LogP contribution is -2.59. The van der Waals surface area contributed by atoms with Crippen molar-refractivity contribution < 1.29 is 14.4 Å². The van der Waals surface area contributed by atoms with E-state index in [1.165, 1.54) is 21.7 Å². The van der Waals surface area contributed by atoms with Gasteiger partial charge in [-0.15, -0.1) is 11.8 Å². The van der Waals surface area contributed by atoms with Crippen LogP contribution < -0.4 is 15.8 Å². The largest absolute Gasteiger partial charge is 0.324 e. The number of amides is 3. The molecule has 1 fully saturated rings. The van der Waals surface area contributed by atoms with Gasteiger partial charge in [0, 0.05) is 11.4 Å². The van der Waals surface area contributed by atoms with Crippen molar-refractivity contribution in [3.05, 3.63) is 59.7 Å². The average molecular weight is 452 g/mol. The first-order chi connectivity index (χ1) is 15.3. The molecule has 0 saturated carbocycles. The molecule has 2 N–H and O–H groups in total. The summed E-state index contributed by atoms with van der Waals surface area (Å²) in [6, 6.07) is 13.4. The zero-order valence-electron chi connectivity index (χ0n) is 18.2. The Kier molecular flexibility index (Phi) is 6.18. The molecule has 8 nitrogen and oxygen atoms in total. The number of carbonyl (C=O) groups excluding carboxylic acids is 3.